The number of hydrogen-bond donors (Lipinski definition) is 3. The van der Waals surface area contributed by atoms with E-state index in [1.165, 1.54) is 35.1 Å². The summed E-state index contributed by atoms with van der Waals surface area (Å²) in [6.07, 6.45) is 2.38. The van der Waals surface area contributed by atoms with Crippen LogP contribution in [0.3, 0.4) is 0 Å². The van der Waals surface area contributed by atoms with Crippen molar-refractivity contribution in [3.8, 4) is 11.1 Å². The first-order valence-corrected chi connectivity index (χ1v) is 7.46. The van der Waals surface area contributed by atoms with Gasteiger partial charge in [-0.05, 0) is 35.1 Å². The first kappa shape index (κ1) is 14.0. The van der Waals surface area contributed by atoms with Crippen LogP contribution in [0.5, 0.6) is 0 Å². The number of phosphoric acid groups is 1. The van der Waals surface area contributed by atoms with Crippen molar-refractivity contribution >= 4 is 7.82 Å². The van der Waals surface area contributed by atoms with Crippen molar-refractivity contribution in [2.24, 2.45) is 0 Å². The van der Waals surface area contributed by atoms with E-state index in [1.54, 1.807) is 0 Å². The first-order chi connectivity index (χ1) is 8.95. The molecule has 3 N–H and O–H groups in total. The monoisotopic (exact) mass is 278 g/mol. The Balaban J connectivity index is 0.000000232. The van der Waals surface area contributed by atoms with Crippen molar-refractivity contribution in [3.05, 3.63) is 59.7 Å². The van der Waals surface area contributed by atoms with Gasteiger partial charge in [-0.25, -0.2) is 4.57 Å². The lowest BCUT2D eigenvalue weighted by atomic mass is 9.86. The SMILES string of the molecule is O=P(O)(O)O.c1ccc2c(c1)CCc1ccccc1-2. The second-order valence-corrected chi connectivity index (χ2v) is 5.35. The second-order valence-electron chi connectivity index (χ2n) is 4.33. The van der Waals surface area contributed by atoms with Gasteiger partial charge < -0.3 is 14.7 Å². The van der Waals surface area contributed by atoms with E-state index >= 15 is 0 Å². The second kappa shape index (κ2) is 5.68. The average molecular weight is 278 g/mol. The molecule has 0 unspecified atom stereocenters. The third kappa shape index (κ3) is 4.01. The number of fused-ring (bicyclic) bond motifs is 3. The van der Waals surface area contributed by atoms with Crippen molar-refractivity contribution in [2.75, 3.05) is 0 Å². The van der Waals surface area contributed by atoms with Crippen molar-refractivity contribution in [1.29, 1.82) is 0 Å². The Morgan fingerprint density at radius 1 is 0.737 bits per heavy atom. The number of aryl methyl sites for hydroxylation is 2. The molecule has 100 valence electrons. The molecule has 1 aliphatic rings. The van der Waals surface area contributed by atoms with Gasteiger partial charge >= 0.3 is 7.82 Å². The quantitative estimate of drug-likeness (QED) is 0.647. The van der Waals surface area contributed by atoms with E-state index in [2.05, 4.69) is 48.5 Å². The number of hydrogen-bond acceptors (Lipinski definition) is 1. The summed E-state index contributed by atoms with van der Waals surface area (Å²) in [5.74, 6) is 0. The van der Waals surface area contributed by atoms with Gasteiger partial charge in [-0.2, -0.15) is 0 Å². The maximum atomic E-state index is 8.88. The molecule has 1 aliphatic carbocycles. The largest absolute Gasteiger partial charge is 0.466 e. The molecule has 0 fully saturated rings. The average Bonchev–Trinajstić information content (AvgIpc) is 2.37. The van der Waals surface area contributed by atoms with Crippen LogP contribution in [0, 0.1) is 0 Å². The number of benzene rings is 2. The van der Waals surface area contributed by atoms with Gasteiger partial charge in [0.1, 0.15) is 0 Å². The molecule has 5 heteroatoms. The minimum absolute atomic E-state index is 1.19. The fraction of sp³-hybridized carbons (Fsp3) is 0.143. The van der Waals surface area contributed by atoms with Crippen molar-refractivity contribution in [2.45, 2.75) is 12.8 Å². The van der Waals surface area contributed by atoms with E-state index in [0.717, 1.165) is 0 Å². The summed E-state index contributed by atoms with van der Waals surface area (Å²) >= 11 is 0. The van der Waals surface area contributed by atoms with Gasteiger partial charge in [0, 0.05) is 0 Å². The molecule has 0 amide bonds. The Morgan fingerprint density at radius 2 is 1.05 bits per heavy atom. The molecule has 0 bridgehead atoms. The minimum Gasteiger partial charge on any atom is -0.303 e. The molecule has 19 heavy (non-hydrogen) atoms. The lowest BCUT2D eigenvalue weighted by molar-refractivity contribution is 0.275. The van der Waals surface area contributed by atoms with Crippen LogP contribution in [0.2, 0.25) is 0 Å². The lowest BCUT2D eigenvalue weighted by Gasteiger charge is -2.19. The van der Waals surface area contributed by atoms with E-state index in [0.29, 0.717) is 0 Å². The van der Waals surface area contributed by atoms with Gasteiger partial charge in [-0.15, -0.1) is 0 Å². The molecule has 0 saturated heterocycles. The maximum absolute atomic E-state index is 8.88. The van der Waals surface area contributed by atoms with E-state index in [-0.39, 0.29) is 0 Å². The van der Waals surface area contributed by atoms with Crippen LogP contribution < -0.4 is 0 Å². The molecule has 0 aliphatic heterocycles. The van der Waals surface area contributed by atoms with Crippen LogP contribution in [0.1, 0.15) is 11.1 Å². The maximum Gasteiger partial charge on any atom is 0.466 e. The topological polar surface area (TPSA) is 77.8 Å². The van der Waals surface area contributed by atoms with Gasteiger partial charge in [0.25, 0.3) is 0 Å². The predicted octanol–water partition coefficient (Wildman–Crippen LogP) is 2.52. The molecular formula is C14H15O4P. The van der Waals surface area contributed by atoms with Gasteiger partial charge in [0.05, 0.1) is 0 Å². The Bertz CT molecular complexity index is 565. The van der Waals surface area contributed by atoms with Gasteiger partial charge in [0.2, 0.25) is 0 Å². The molecule has 0 radical (unpaired) electrons. The summed E-state index contributed by atoms with van der Waals surface area (Å²) in [6.45, 7) is 0. The molecule has 0 heterocycles. The normalized spacial score (nSPS) is 12.8. The van der Waals surface area contributed by atoms with Crippen LogP contribution >= 0.6 is 7.82 Å². The zero-order chi connectivity index (χ0) is 13.9. The Labute approximate surface area is 111 Å². The highest BCUT2D eigenvalue weighted by Crippen LogP contribution is 2.32. The fourth-order valence-electron chi connectivity index (χ4n) is 2.27. The van der Waals surface area contributed by atoms with Gasteiger partial charge in [0.15, 0.2) is 0 Å². The molecule has 3 rings (SSSR count). The van der Waals surface area contributed by atoms with Gasteiger partial charge in [-0.1, -0.05) is 48.5 Å². The molecule has 0 aromatic heterocycles. The zero-order valence-corrected chi connectivity index (χ0v) is 11.1. The van der Waals surface area contributed by atoms with Crippen LogP contribution in [0.4, 0.5) is 0 Å². The van der Waals surface area contributed by atoms with E-state index < -0.39 is 7.82 Å². The molecule has 4 nitrogen and oxygen atoms in total. The van der Waals surface area contributed by atoms with Crippen LogP contribution in [0.15, 0.2) is 48.5 Å². The third-order valence-corrected chi connectivity index (χ3v) is 2.99. The summed E-state index contributed by atoms with van der Waals surface area (Å²) in [7, 11) is -4.64. The van der Waals surface area contributed by atoms with E-state index in [4.69, 9.17) is 19.2 Å². The highest BCUT2D eigenvalue weighted by molar-refractivity contribution is 7.45. The summed E-state index contributed by atoms with van der Waals surface area (Å²) in [4.78, 5) is 21.6. The number of rotatable bonds is 0. The van der Waals surface area contributed by atoms with Gasteiger partial charge in [-0.3, -0.25) is 0 Å². The van der Waals surface area contributed by atoms with Crippen molar-refractivity contribution in [1.82, 2.24) is 0 Å². The summed E-state index contributed by atoms with van der Waals surface area (Å²) in [5.41, 5.74) is 5.83. The van der Waals surface area contributed by atoms with Crippen LogP contribution in [-0.2, 0) is 17.4 Å². The molecular weight excluding hydrogens is 263 g/mol. The van der Waals surface area contributed by atoms with Crippen molar-refractivity contribution < 1.29 is 19.2 Å². The Kier molecular flexibility index (Phi) is 4.17. The molecule has 0 spiro atoms. The molecule has 2 aromatic rings. The van der Waals surface area contributed by atoms with Crippen LogP contribution in [-0.4, -0.2) is 14.7 Å². The minimum atomic E-state index is -4.64. The van der Waals surface area contributed by atoms with E-state index in [1.807, 2.05) is 0 Å². The fourth-order valence-corrected chi connectivity index (χ4v) is 2.27. The standard InChI is InChI=1S/C14H12.H3O4P/c1-3-7-13-11(5-1)9-10-12-6-2-4-8-14(12)13;1-5(2,3)4/h1-8H,9-10H2;(H3,1,2,3,4). The Hall–Kier alpha value is -1.45. The smallest absolute Gasteiger partial charge is 0.303 e. The van der Waals surface area contributed by atoms with E-state index in [9.17, 15) is 0 Å². The molecule has 0 saturated carbocycles. The molecule has 0 atom stereocenters. The Morgan fingerprint density at radius 3 is 1.42 bits per heavy atom. The van der Waals surface area contributed by atoms with Crippen molar-refractivity contribution in [3.63, 3.8) is 0 Å². The lowest BCUT2D eigenvalue weighted by Crippen LogP contribution is -2.02. The summed E-state index contributed by atoms with van der Waals surface area (Å²) < 4.78 is 8.88. The highest BCUT2D eigenvalue weighted by Gasteiger charge is 2.13. The summed E-state index contributed by atoms with van der Waals surface area (Å²) in [5, 5.41) is 0. The van der Waals surface area contributed by atoms with Crippen LogP contribution in [0.25, 0.3) is 11.1 Å². The molecule has 2 aromatic carbocycles. The summed E-state index contributed by atoms with van der Waals surface area (Å²) in [6, 6.07) is 17.5. The third-order valence-electron chi connectivity index (χ3n) is 2.99. The zero-order valence-electron chi connectivity index (χ0n) is 10.2. The first-order valence-electron chi connectivity index (χ1n) is 5.89. The predicted molar refractivity (Wildman–Crippen MR) is 73.5 cm³/mol. The highest BCUT2D eigenvalue weighted by atomic mass is 31.2.